The van der Waals surface area contributed by atoms with Crippen LogP contribution in [0.3, 0.4) is 0 Å². The first-order valence-electron chi connectivity index (χ1n) is 7.29. The van der Waals surface area contributed by atoms with Gasteiger partial charge in [0.15, 0.2) is 11.9 Å². The van der Waals surface area contributed by atoms with Crippen LogP contribution < -0.4 is 4.73 Å². The molecule has 4 nitrogen and oxygen atoms in total. The summed E-state index contributed by atoms with van der Waals surface area (Å²) in [6, 6.07) is 0. The summed E-state index contributed by atoms with van der Waals surface area (Å²) in [6.45, 7) is 2.12. The van der Waals surface area contributed by atoms with Crippen molar-refractivity contribution in [1.29, 1.82) is 0 Å². The van der Waals surface area contributed by atoms with E-state index in [2.05, 4.69) is 0 Å². The summed E-state index contributed by atoms with van der Waals surface area (Å²) in [5.41, 5.74) is 4.57. The maximum Gasteiger partial charge on any atom is 0.196 e. The van der Waals surface area contributed by atoms with E-state index in [-0.39, 0.29) is 5.60 Å². The van der Waals surface area contributed by atoms with Crippen LogP contribution in [0.5, 0.6) is 0 Å². The zero-order chi connectivity index (χ0) is 12.9. The van der Waals surface area contributed by atoms with Crippen molar-refractivity contribution in [3.8, 4) is 0 Å². The van der Waals surface area contributed by atoms with Crippen LogP contribution in [0, 0.1) is 5.21 Å². The summed E-state index contributed by atoms with van der Waals surface area (Å²) in [5, 5.41) is 12.1. The third-order valence-electron chi connectivity index (χ3n) is 4.86. The van der Waals surface area contributed by atoms with E-state index in [0.29, 0.717) is 6.61 Å². The lowest BCUT2D eigenvalue weighted by Gasteiger charge is -2.35. The van der Waals surface area contributed by atoms with E-state index in [1.807, 2.05) is 0 Å². The van der Waals surface area contributed by atoms with Crippen LogP contribution in [0.15, 0.2) is 6.20 Å². The van der Waals surface area contributed by atoms with Crippen molar-refractivity contribution < 1.29 is 14.2 Å². The predicted molar refractivity (Wildman–Crippen MR) is 68.6 cm³/mol. The summed E-state index contributed by atoms with van der Waals surface area (Å²) in [4.78, 5) is 0. The molecular formula is C15H19NO3. The average molecular weight is 261 g/mol. The first-order chi connectivity index (χ1) is 9.30. The molecule has 3 heterocycles. The molecule has 4 heteroatoms. The van der Waals surface area contributed by atoms with E-state index in [0.717, 1.165) is 61.3 Å². The normalized spacial score (nSPS) is 24.2. The number of ether oxygens (including phenoxy) is 2. The second kappa shape index (κ2) is 4.18. The Balaban J connectivity index is 1.90. The molecule has 0 amide bonds. The molecule has 1 aliphatic carbocycles. The van der Waals surface area contributed by atoms with E-state index < -0.39 is 0 Å². The van der Waals surface area contributed by atoms with Crippen molar-refractivity contribution in [1.82, 2.24) is 0 Å². The quantitative estimate of drug-likeness (QED) is 0.528. The third kappa shape index (κ3) is 1.63. The summed E-state index contributed by atoms with van der Waals surface area (Å²) in [6.07, 6.45) is 7.88. The highest BCUT2D eigenvalue weighted by Crippen LogP contribution is 2.46. The molecule has 1 aromatic heterocycles. The Labute approximate surface area is 112 Å². The number of pyridine rings is 1. The molecule has 1 spiro atoms. The van der Waals surface area contributed by atoms with Gasteiger partial charge >= 0.3 is 0 Å². The van der Waals surface area contributed by atoms with Crippen LogP contribution in [-0.2, 0) is 34.5 Å². The van der Waals surface area contributed by atoms with E-state index >= 15 is 0 Å². The van der Waals surface area contributed by atoms with Gasteiger partial charge in [-0.05, 0) is 19.3 Å². The van der Waals surface area contributed by atoms with Crippen molar-refractivity contribution in [2.45, 2.75) is 50.7 Å². The molecule has 1 aromatic rings. The van der Waals surface area contributed by atoms with Crippen LogP contribution >= 0.6 is 0 Å². The predicted octanol–water partition coefficient (Wildman–Crippen LogP) is 1.73. The molecule has 0 saturated carbocycles. The minimum absolute atomic E-state index is 0.163. The third-order valence-corrected chi connectivity index (χ3v) is 4.86. The minimum Gasteiger partial charge on any atom is -0.618 e. The number of nitrogens with zero attached hydrogens (tertiary/aromatic N) is 1. The zero-order valence-electron chi connectivity index (χ0n) is 11.1. The Morgan fingerprint density at radius 3 is 2.79 bits per heavy atom. The Hall–Kier alpha value is -1.13. The van der Waals surface area contributed by atoms with Gasteiger partial charge in [-0.2, -0.15) is 4.73 Å². The Kier molecular flexibility index (Phi) is 2.57. The fourth-order valence-electron chi connectivity index (χ4n) is 3.94. The zero-order valence-corrected chi connectivity index (χ0v) is 11.1. The second-order valence-electron chi connectivity index (χ2n) is 5.88. The monoisotopic (exact) mass is 261 g/mol. The number of fused-ring (bicyclic) bond motifs is 4. The molecule has 0 aromatic carbocycles. The summed E-state index contributed by atoms with van der Waals surface area (Å²) in [7, 11) is 0. The van der Waals surface area contributed by atoms with Gasteiger partial charge < -0.3 is 14.7 Å². The average Bonchev–Trinajstić information content (AvgIpc) is 2.79. The van der Waals surface area contributed by atoms with Crippen molar-refractivity contribution in [2.75, 3.05) is 13.2 Å². The van der Waals surface area contributed by atoms with Gasteiger partial charge in [-0.15, -0.1) is 0 Å². The van der Waals surface area contributed by atoms with Gasteiger partial charge in [-0.25, -0.2) is 0 Å². The fraction of sp³-hybridized carbons (Fsp3) is 0.667. The lowest BCUT2D eigenvalue weighted by atomic mass is 9.79. The van der Waals surface area contributed by atoms with E-state index in [1.165, 1.54) is 17.5 Å². The first kappa shape index (κ1) is 11.7. The summed E-state index contributed by atoms with van der Waals surface area (Å²) in [5.74, 6) is 0. The highest BCUT2D eigenvalue weighted by Gasteiger charge is 2.45. The molecule has 0 unspecified atom stereocenters. The molecule has 0 bridgehead atoms. The second-order valence-corrected chi connectivity index (χ2v) is 5.88. The van der Waals surface area contributed by atoms with Crippen molar-refractivity contribution in [3.05, 3.63) is 33.8 Å². The van der Waals surface area contributed by atoms with Crippen LogP contribution in [0.1, 0.15) is 48.1 Å². The van der Waals surface area contributed by atoms with Gasteiger partial charge in [0, 0.05) is 49.2 Å². The summed E-state index contributed by atoms with van der Waals surface area (Å²) >= 11 is 0. The molecule has 1 fully saturated rings. The number of hydrogen-bond donors (Lipinski definition) is 0. The highest BCUT2D eigenvalue weighted by atomic mass is 16.5. The maximum absolute atomic E-state index is 12.1. The lowest BCUT2D eigenvalue weighted by molar-refractivity contribution is -0.615. The van der Waals surface area contributed by atoms with Crippen LogP contribution in [-0.4, -0.2) is 13.2 Å². The number of hydrogen-bond acceptors (Lipinski definition) is 3. The lowest BCUT2D eigenvalue weighted by Crippen LogP contribution is -2.39. The van der Waals surface area contributed by atoms with Gasteiger partial charge in [0.2, 0.25) is 0 Å². The number of aromatic nitrogens is 1. The largest absolute Gasteiger partial charge is 0.618 e. The molecule has 102 valence electrons. The molecule has 0 radical (unpaired) electrons. The minimum atomic E-state index is -0.163. The van der Waals surface area contributed by atoms with E-state index in [1.54, 1.807) is 6.20 Å². The summed E-state index contributed by atoms with van der Waals surface area (Å²) < 4.78 is 12.7. The van der Waals surface area contributed by atoms with E-state index in [4.69, 9.17) is 9.47 Å². The molecular weight excluding hydrogens is 242 g/mol. The molecule has 0 N–H and O–H groups in total. The van der Waals surface area contributed by atoms with Gasteiger partial charge in [0.1, 0.15) is 0 Å². The molecule has 0 atom stereocenters. The first-order valence-corrected chi connectivity index (χ1v) is 7.29. The molecule has 1 saturated heterocycles. The topological polar surface area (TPSA) is 45.4 Å². The standard InChI is InChI=1S/C15H19NO3/c17-16-9-11-10-19-15(5-7-18-8-6-15)14(11)12-3-1-2-4-13(12)16/h9H,1-8,10H2. The van der Waals surface area contributed by atoms with Crippen LogP contribution in [0.4, 0.5) is 0 Å². The fourth-order valence-corrected chi connectivity index (χ4v) is 3.94. The number of rotatable bonds is 0. The van der Waals surface area contributed by atoms with Gasteiger partial charge in [-0.1, -0.05) is 0 Å². The van der Waals surface area contributed by atoms with Crippen LogP contribution in [0.2, 0.25) is 0 Å². The molecule has 3 aliphatic rings. The van der Waals surface area contributed by atoms with Gasteiger partial charge in [0.25, 0.3) is 0 Å². The van der Waals surface area contributed by atoms with Crippen molar-refractivity contribution in [2.24, 2.45) is 0 Å². The van der Waals surface area contributed by atoms with Crippen LogP contribution in [0.25, 0.3) is 0 Å². The Morgan fingerprint density at radius 1 is 1.16 bits per heavy atom. The SMILES string of the molecule is [O-][n+]1cc2c(c3c1CCCC3)C1(CCOCC1)OC2. The van der Waals surface area contributed by atoms with Gasteiger partial charge in [-0.3, -0.25) is 0 Å². The Bertz CT molecular complexity index is 521. The van der Waals surface area contributed by atoms with Crippen molar-refractivity contribution >= 4 is 0 Å². The Morgan fingerprint density at radius 2 is 1.95 bits per heavy atom. The van der Waals surface area contributed by atoms with E-state index in [9.17, 15) is 5.21 Å². The van der Waals surface area contributed by atoms with Crippen molar-refractivity contribution in [3.63, 3.8) is 0 Å². The maximum atomic E-state index is 12.1. The molecule has 19 heavy (non-hydrogen) atoms. The highest BCUT2D eigenvalue weighted by molar-refractivity contribution is 5.42. The van der Waals surface area contributed by atoms with Gasteiger partial charge in [0.05, 0.1) is 12.2 Å². The molecule has 4 rings (SSSR count). The molecule has 2 aliphatic heterocycles. The smallest absolute Gasteiger partial charge is 0.196 e.